The van der Waals surface area contributed by atoms with Crippen LogP contribution in [0.2, 0.25) is 0 Å². The molecule has 0 bridgehead atoms. The molecule has 0 saturated heterocycles. The maximum Gasteiger partial charge on any atom is 0.472 e. The molecule has 0 aliphatic rings. The van der Waals surface area contributed by atoms with Crippen molar-refractivity contribution in [3.05, 3.63) is 60.8 Å². The summed E-state index contributed by atoms with van der Waals surface area (Å²) in [6.45, 7) is 3.35. The molecule has 294 valence electrons. The summed E-state index contributed by atoms with van der Waals surface area (Å²) in [5.41, 5.74) is 0. The number of nitrogens with one attached hydrogen (secondary N) is 1. The second-order valence-corrected chi connectivity index (χ2v) is 14.3. The molecule has 0 fully saturated rings. The Balaban J connectivity index is 3.67. The number of esters is 1. The zero-order valence-corrected chi connectivity index (χ0v) is 32.9. The number of hydrogen-bond acceptors (Lipinski definition) is 7. The largest absolute Gasteiger partial charge is 0.472 e. The summed E-state index contributed by atoms with van der Waals surface area (Å²) in [5.74, 6) is -0.560. The molecule has 0 radical (unpaired) electrons. The molecule has 0 saturated carbocycles. The third-order valence-electron chi connectivity index (χ3n) is 7.93. The Morgan fingerprint density at radius 3 is 1.71 bits per heavy atom. The van der Waals surface area contributed by atoms with E-state index < -0.39 is 26.5 Å². The maximum absolute atomic E-state index is 12.1. The molecule has 9 nitrogen and oxygen atoms in total. The fourth-order valence-corrected chi connectivity index (χ4v) is 5.71. The number of allylic oxidation sites excluding steroid dienone is 10. The Hall–Kier alpha value is -2.29. The van der Waals surface area contributed by atoms with E-state index in [0.717, 1.165) is 70.6 Å². The number of hydrogen-bond donors (Lipinski definition) is 3. The van der Waals surface area contributed by atoms with E-state index in [2.05, 4.69) is 79.9 Å². The molecule has 2 unspecified atom stereocenters. The van der Waals surface area contributed by atoms with Crippen molar-refractivity contribution in [1.29, 1.82) is 0 Å². The molecule has 0 aliphatic heterocycles. The quantitative estimate of drug-likeness (QED) is 0.0251. The molecular weight excluding hydrogens is 665 g/mol. The topological polar surface area (TPSA) is 131 Å². The SMILES string of the molecule is CC/C=C\C/C=C\C/C=C\CCCCCC(=O)OCC(O)COP(=O)(O)OCCNC(=O)CCCCCCCCC/C=C\C/C=C\CCCCC. The van der Waals surface area contributed by atoms with E-state index >= 15 is 0 Å². The lowest BCUT2D eigenvalue weighted by Gasteiger charge is -2.15. The number of unbranched alkanes of at least 4 members (excludes halogenated alkanes) is 13. The first-order valence-electron chi connectivity index (χ1n) is 19.8. The van der Waals surface area contributed by atoms with E-state index in [4.69, 9.17) is 13.8 Å². The number of ether oxygens (including phenoxy) is 1. The van der Waals surface area contributed by atoms with Crippen LogP contribution in [0.4, 0.5) is 0 Å². The Morgan fingerprint density at radius 2 is 1.12 bits per heavy atom. The predicted octanol–water partition coefficient (Wildman–Crippen LogP) is 10.5. The van der Waals surface area contributed by atoms with Crippen molar-refractivity contribution >= 4 is 19.7 Å². The van der Waals surface area contributed by atoms with E-state index in [9.17, 15) is 24.2 Å². The average molecular weight is 738 g/mol. The van der Waals surface area contributed by atoms with Gasteiger partial charge >= 0.3 is 13.8 Å². The number of carbonyl (C=O) groups excluding carboxylic acids is 2. The van der Waals surface area contributed by atoms with Crippen molar-refractivity contribution in [1.82, 2.24) is 5.32 Å². The lowest BCUT2D eigenvalue weighted by Crippen LogP contribution is -2.27. The predicted molar refractivity (Wildman–Crippen MR) is 210 cm³/mol. The normalized spacial score (nSPS) is 14.0. The van der Waals surface area contributed by atoms with Gasteiger partial charge in [-0.2, -0.15) is 0 Å². The smallest absolute Gasteiger partial charge is 0.463 e. The lowest BCUT2D eigenvalue weighted by atomic mass is 10.1. The standard InChI is InChI=1S/C41H72NO8P/c1-3-5-7-9-11-13-15-17-18-19-20-22-23-25-27-29-31-33-40(44)42-35-36-49-51(46,47)50-38-39(43)37-48-41(45)34-32-30-28-26-24-21-16-14-12-10-8-6-4-2/h6,8,11-14,17-18,21,24,39,43H,3-5,7,9-10,15-16,19-20,22-23,25-38H2,1-2H3,(H,42,44)(H,46,47)/b8-6-,13-11-,14-12-,18-17-,24-21-. The van der Waals surface area contributed by atoms with E-state index in [0.29, 0.717) is 12.8 Å². The zero-order valence-electron chi connectivity index (χ0n) is 32.0. The number of rotatable bonds is 36. The molecule has 0 aromatic heterocycles. The first-order chi connectivity index (χ1) is 24.8. The van der Waals surface area contributed by atoms with Gasteiger partial charge in [0.2, 0.25) is 5.91 Å². The Bertz CT molecular complexity index is 1020. The van der Waals surface area contributed by atoms with Crippen LogP contribution < -0.4 is 5.32 Å². The Kier molecular flexibility index (Phi) is 35.8. The summed E-state index contributed by atoms with van der Waals surface area (Å²) in [7, 11) is -4.42. The van der Waals surface area contributed by atoms with Crippen molar-refractivity contribution < 1.29 is 37.9 Å². The van der Waals surface area contributed by atoms with Gasteiger partial charge in [-0.3, -0.25) is 18.6 Å². The third kappa shape index (κ3) is 38.8. The molecule has 51 heavy (non-hydrogen) atoms. The van der Waals surface area contributed by atoms with Gasteiger partial charge in [-0.1, -0.05) is 126 Å². The molecule has 0 aromatic carbocycles. The van der Waals surface area contributed by atoms with Crippen molar-refractivity contribution in [3.8, 4) is 0 Å². The molecule has 1 amide bonds. The molecule has 0 aliphatic carbocycles. The van der Waals surface area contributed by atoms with Crippen LogP contribution in [0.5, 0.6) is 0 Å². The molecule has 2 atom stereocenters. The summed E-state index contributed by atoms with van der Waals surface area (Å²) >= 11 is 0. The van der Waals surface area contributed by atoms with Crippen LogP contribution in [0.3, 0.4) is 0 Å². The maximum atomic E-state index is 12.1. The van der Waals surface area contributed by atoms with Crippen LogP contribution in [0, 0.1) is 0 Å². The lowest BCUT2D eigenvalue weighted by molar-refractivity contribution is -0.147. The van der Waals surface area contributed by atoms with Gasteiger partial charge in [0, 0.05) is 19.4 Å². The van der Waals surface area contributed by atoms with Crippen LogP contribution >= 0.6 is 7.82 Å². The van der Waals surface area contributed by atoms with Gasteiger partial charge in [0.1, 0.15) is 12.7 Å². The average Bonchev–Trinajstić information content (AvgIpc) is 3.11. The molecule has 10 heteroatoms. The highest BCUT2D eigenvalue weighted by molar-refractivity contribution is 7.47. The second kappa shape index (κ2) is 37.5. The summed E-state index contributed by atoms with van der Waals surface area (Å²) in [6, 6.07) is 0. The van der Waals surface area contributed by atoms with E-state index in [1.54, 1.807) is 0 Å². The van der Waals surface area contributed by atoms with E-state index in [1.807, 2.05) is 0 Å². The monoisotopic (exact) mass is 737 g/mol. The van der Waals surface area contributed by atoms with Crippen molar-refractivity contribution in [3.63, 3.8) is 0 Å². The number of phosphoric ester groups is 1. The van der Waals surface area contributed by atoms with Crippen molar-refractivity contribution in [2.24, 2.45) is 0 Å². The summed E-state index contributed by atoms with van der Waals surface area (Å²) in [5, 5.41) is 12.6. The van der Waals surface area contributed by atoms with Crippen LogP contribution in [0.1, 0.15) is 155 Å². The van der Waals surface area contributed by atoms with Gasteiger partial charge in [0.05, 0.1) is 13.2 Å². The number of aliphatic hydroxyl groups excluding tert-OH is 1. The number of amides is 1. The molecule has 0 rings (SSSR count). The van der Waals surface area contributed by atoms with Crippen LogP contribution in [0.15, 0.2) is 60.8 Å². The minimum Gasteiger partial charge on any atom is -0.463 e. The van der Waals surface area contributed by atoms with Gasteiger partial charge in [0.15, 0.2) is 0 Å². The fraction of sp³-hybridized carbons (Fsp3) is 0.707. The first kappa shape index (κ1) is 48.7. The minimum absolute atomic E-state index is 0.0709. The molecule has 0 aromatic rings. The highest BCUT2D eigenvalue weighted by Crippen LogP contribution is 2.42. The highest BCUT2D eigenvalue weighted by atomic mass is 31.2. The Morgan fingerprint density at radius 1 is 0.627 bits per heavy atom. The molecule has 3 N–H and O–H groups in total. The minimum atomic E-state index is -4.42. The fourth-order valence-electron chi connectivity index (χ4n) is 4.95. The van der Waals surface area contributed by atoms with Gasteiger partial charge < -0.3 is 20.1 Å². The summed E-state index contributed by atoms with van der Waals surface area (Å²) < 4.78 is 26.8. The third-order valence-corrected chi connectivity index (χ3v) is 8.92. The van der Waals surface area contributed by atoms with Gasteiger partial charge in [-0.05, 0) is 77.0 Å². The number of aliphatic hydroxyl groups is 1. The van der Waals surface area contributed by atoms with Crippen LogP contribution in [0.25, 0.3) is 0 Å². The van der Waals surface area contributed by atoms with Gasteiger partial charge in [-0.15, -0.1) is 0 Å². The van der Waals surface area contributed by atoms with Crippen molar-refractivity contribution in [2.45, 2.75) is 161 Å². The Labute approximate surface area is 310 Å². The second-order valence-electron chi connectivity index (χ2n) is 12.9. The zero-order chi connectivity index (χ0) is 37.5. The summed E-state index contributed by atoms with van der Waals surface area (Å²) in [6.07, 6.45) is 42.9. The van der Waals surface area contributed by atoms with Crippen LogP contribution in [-0.2, 0) is 27.9 Å². The highest BCUT2D eigenvalue weighted by Gasteiger charge is 2.23. The van der Waals surface area contributed by atoms with E-state index in [1.165, 1.54) is 51.4 Å². The number of carbonyl (C=O) groups is 2. The first-order valence-corrected chi connectivity index (χ1v) is 21.3. The molecule has 0 spiro atoms. The van der Waals surface area contributed by atoms with Gasteiger partial charge in [-0.25, -0.2) is 4.57 Å². The van der Waals surface area contributed by atoms with Gasteiger partial charge in [0.25, 0.3) is 0 Å². The number of phosphoric acid groups is 1. The van der Waals surface area contributed by atoms with E-state index in [-0.39, 0.29) is 32.1 Å². The molecular formula is C41H72NO8P. The summed E-state index contributed by atoms with van der Waals surface area (Å²) in [4.78, 5) is 33.8. The van der Waals surface area contributed by atoms with Crippen LogP contribution in [-0.4, -0.2) is 54.3 Å². The molecule has 0 heterocycles. The van der Waals surface area contributed by atoms with Crippen molar-refractivity contribution in [2.75, 3.05) is 26.4 Å².